The summed E-state index contributed by atoms with van der Waals surface area (Å²) >= 11 is 0. The molecule has 7 nitrogen and oxygen atoms in total. The second-order valence-corrected chi connectivity index (χ2v) is 11.7. The van der Waals surface area contributed by atoms with E-state index in [1.165, 1.54) is 0 Å². The lowest BCUT2D eigenvalue weighted by Gasteiger charge is -2.24. The molecule has 0 aliphatic carbocycles. The topological polar surface area (TPSA) is 83.8 Å². The minimum Gasteiger partial charge on any atom is -0.318 e. The molecule has 0 radical (unpaired) electrons. The lowest BCUT2D eigenvalue weighted by Crippen LogP contribution is -2.39. The number of nitrogens with one attached hydrogen (secondary N) is 1. The zero-order valence-corrected chi connectivity index (χ0v) is 24.0. The van der Waals surface area contributed by atoms with Crippen LogP contribution in [0.2, 0.25) is 0 Å². The zero-order valence-electron chi connectivity index (χ0n) is 23.2. The summed E-state index contributed by atoms with van der Waals surface area (Å²) in [5.41, 5.74) is 11.0. The van der Waals surface area contributed by atoms with Crippen LogP contribution in [0.3, 0.4) is 0 Å². The maximum atomic E-state index is 13.6. The molecule has 0 saturated heterocycles. The van der Waals surface area contributed by atoms with Crippen molar-refractivity contribution in [3.63, 3.8) is 0 Å². The molecule has 202 valence electrons. The molecule has 0 saturated carbocycles. The molecule has 0 unspecified atom stereocenters. The lowest BCUT2D eigenvalue weighted by molar-refractivity contribution is -0.119. The average molecular weight is 543 g/mol. The Labute approximate surface area is 230 Å². The van der Waals surface area contributed by atoms with Crippen molar-refractivity contribution in [2.24, 2.45) is 5.10 Å². The van der Waals surface area contributed by atoms with E-state index in [0.29, 0.717) is 5.69 Å². The van der Waals surface area contributed by atoms with E-state index in [1.54, 1.807) is 42.6 Å². The van der Waals surface area contributed by atoms with E-state index in [9.17, 15) is 13.2 Å². The number of sulfonamides is 1. The third-order valence-corrected chi connectivity index (χ3v) is 8.68. The maximum Gasteiger partial charge on any atom is 0.264 e. The number of nitrogens with zero attached hydrogens (tertiary/aromatic N) is 3. The third kappa shape index (κ3) is 5.96. The number of rotatable bonds is 8. The van der Waals surface area contributed by atoms with Crippen molar-refractivity contribution in [2.75, 3.05) is 10.8 Å². The van der Waals surface area contributed by atoms with Gasteiger partial charge in [0.1, 0.15) is 6.54 Å². The number of hydrogen-bond donors (Lipinski definition) is 1. The monoisotopic (exact) mass is 542 g/mol. The van der Waals surface area contributed by atoms with E-state index in [-0.39, 0.29) is 4.90 Å². The number of carbonyl (C=O) groups excluding carboxylic acids is 1. The van der Waals surface area contributed by atoms with Crippen LogP contribution in [-0.4, -0.2) is 31.7 Å². The quantitative estimate of drug-likeness (QED) is 0.230. The van der Waals surface area contributed by atoms with E-state index >= 15 is 0 Å². The minimum atomic E-state index is -4.00. The highest BCUT2D eigenvalue weighted by Gasteiger charge is 2.27. The van der Waals surface area contributed by atoms with E-state index in [4.69, 9.17) is 0 Å². The van der Waals surface area contributed by atoms with Gasteiger partial charge in [-0.15, -0.1) is 0 Å². The summed E-state index contributed by atoms with van der Waals surface area (Å²) in [6.07, 6.45) is 1.59. The maximum absolute atomic E-state index is 13.6. The predicted octanol–water partition coefficient (Wildman–Crippen LogP) is 5.67. The van der Waals surface area contributed by atoms with Crippen molar-refractivity contribution in [3.8, 4) is 5.69 Å². The second-order valence-electron chi connectivity index (χ2n) is 9.83. The van der Waals surface area contributed by atoms with E-state index < -0.39 is 22.5 Å². The number of para-hydroxylation sites is 1. The smallest absolute Gasteiger partial charge is 0.264 e. The van der Waals surface area contributed by atoms with Crippen LogP contribution in [0, 0.1) is 41.5 Å². The number of aryl methyl sites for hydroxylation is 5. The van der Waals surface area contributed by atoms with E-state index in [0.717, 1.165) is 49.2 Å². The van der Waals surface area contributed by atoms with Gasteiger partial charge in [-0.25, -0.2) is 13.8 Å². The molecular weight excluding hydrogens is 508 g/mol. The first-order valence-corrected chi connectivity index (χ1v) is 14.2. The van der Waals surface area contributed by atoms with Gasteiger partial charge in [0.15, 0.2) is 0 Å². The molecule has 1 amide bonds. The first-order chi connectivity index (χ1) is 18.5. The molecule has 0 fully saturated rings. The Morgan fingerprint density at radius 1 is 0.872 bits per heavy atom. The fourth-order valence-electron chi connectivity index (χ4n) is 4.48. The molecule has 1 aromatic heterocycles. The Kier molecular flexibility index (Phi) is 8.06. The van der Waals surface area contributed by atoms with Gasteiger partial charge in [-0.05, 0) is 94.6 Å². The van der Waals surface area contributed by atoms with Crippen LogP contribution < -0.4 is 9.73 Å². The number of benzene rings is 3. The van der Waals surface area contributed by atoms with Crippen molar-refractivity contribution < 1.29 is 13.2 Å². The van der Waals surface area contributed by atoms with Crippen LogP contribution in [0.15, 0.2) is 82.8 Å². The molecule has 0 atom stereocenters. The summed E-state index contributed by atoms with van der Waals surface area (Å²) < 4.78 is 30.5. The fourth-order valence-corrected chi connectivity index (χ4v) is 5.89. The molecule has 39 heavy (non-hydrogen) atoms. The molecule has 1 heterocycles. The molecule has 0 aliphatic heterocycles. The number of anilines is 1. The molecule has 8 heteroatoms. The van der Waals surface area contributed by atoms with Gasteiger partial charge in [0, 0.05) is 22.6 Å². The molecule has 4 rings (SSSR count). The summed E-state index contributed by atoms with van der Waals surface area (Å²) in [5, 5.41) is 4.16. The fraction of sp³-hybridized carbons (Fsp3) is 0.226. The van der Waals surface area contributed by atoms with Crippen molar-refractivity contribution >= 4 is 27.8 Å². The Bertz CT molecular complexity index is 1650. The SMILES string of the molecule is Cc1ccc(S(=O)(=O)N(CC(=O)N/N=C\c2cc(C)n(-c3ccccc3C)c2C)c2ccc(C)c(C)c2)cc1. The first kappa shape index (κ1) is 27.9. The highest BCUT2D eigenvalue weighted by atomic mass is 32.2. The van der Waals surface area contributed by atoms with Crippen molar-refractivity contribution in [1.82, 2.24) is 9.99 Å². The van der Waals surface area contributed by atoms with Crippen molar-refractivity contribution in [1.29, 1.82) is 0 Å². The Hall–Kier alpha value is -4.17. The lowest BCUT2D eigenvalue weighted by atomic mass is 10.1. The van der Waals surface area contributed by atoms with Crippen LogP contribution in [-0.2, 0) is 14.8 Å². The van der Waals surface area contributed by atoms with Crippen LogP contribution in [0.25, 0.3) is 5.69 Å². The van der Waals surface area contributed by atoms with Gasteiger partial charge in [0.05, 0.1) is 16.8 Å². The van der Waals surface area contributed by atoms with Gasteiger partial charge < -0.3 is 4.57 Å². The van der Waals surface area contributed by atoms with Gasteiger partial charge in [-0.2, -0.15) is 5.10 Å². The largest absolute Gasteiger partial charge is 0.318 e. The Balaban J connectivity index is 1.58. The summed E-state index contributed by atoms with van der Waals surface area (Å²) in [4.78, 5) is 13.1. The molecule has 3 aromatic carbocycles. The standard InChI is InChI=1S/C31H34N4O3S/c1-21-11-15-29(16-12-21)39(37,38)34(28-14-13-22(2)24(4)17-28)20-31(36)33-32-19-27-18-25(5)35(26(27)6)30-10-8-7-9-23(30)3/h7-19H,20H2,1-6H3,(H,33,36)/b32-19-. The Morgan fingerprint density at radius 2 is 1.56 bits per heavy atom. The van der Waals surface area contributed by atoms with Crippen LogP contribution in [0.4, 0.5) is 5.69 Å². The highest BCUT2D eigenvalue weighted by Crippen LogP contribution is 2.26. The van der Waals surface area contributed by atoms with Crippen molar-refractivity contribution in [2.45, 2.75) is 46.4 Å². The van der Waals surface area contributed by atoms with Gasteiger partial charge in [0.25, 0.3) is 15.9 Å². The summed E-state index contributed by atoms with van der Waals surface area (Å²) in [6.45, 7) is 11.4. The zero-order chi connectivity index (χ0) is 28.3. The molecule has 0 spiro atoms. The van der Waals surface area contributed by atoms with Gasteiger partial charge in [0.2, 0.25) is 0 Å². The average Bonchev–Trinajstić information content (AvgIpc) is 3.17. The minimum absolute atomic E-state index is 0.117. The molecule has 0 aliphatic rings. The highest BCUT2D eigenvalue weighted by molar-refractivity contribution is 7.92. The van der Waals surface area contributed by atoms with Gasteiger partial charge in [-0.1, -0.05) is 42.0 Å². The number of hydrogen-bond acceptors (Lipinski definition) is 4. The first-order valence-electron chi connectivity index (χ1n) is 12.7. The summed E-state index contributed by atoms with van der Waals surface area (Å²) in [6, 6.07) is 22.1. The van der Waals surface area contributed by atoms with Crippen LogP contribution >= 0.6 is 0 Å². The second kappa shape index (κ2) is 11.3. The third-order valence-electron chi connectivity index (χ3n) is 6.89. The molecule has 1 N–H and O–H groups in total. The van der Waals surface area contributed by atoms with Gasteiger partial charge >= 0.3 is 0 Å². The van der Waals surface area contributed by atoms with Crippen molar-refractivity contribution in [3.05, 3.63) is 112 Å². The van der Waals surface area contributed by atoms with E-state index in [1.807, 2.05) is 58.9 Å². The molecule has 0 bridgehead atoms. The number of amides is 1. The number of carbonyl (C=O) groups is 1. The normalized spacial score (nSPS) is 11.6. The molecular formula is C31H34N4O3S. The van der Waals surface area contributed by atoms with E-state index in [2.05, 4.69) is 34.2 Å². The number of aromatic nitrogens is 1. The van der Waals surface area contributed by atoms with Gasteiger partial charge in [-0.3, -0.25) is 9.10 Å². The number of hydrazone groups is 1. The summed E-state index contributed by atoms with van der Waals surface area (Å²) in [5.74, 6) is -0.548. The molecule has 4 aromatic rings. The van der Waals surface area contributed by atoms with Crippen LogP contribution in [0.5, 0.6) is 0 Å². The predicted molar refractivity (Wildman–Crippen MR) is 157 cm³/mol. The van der Waals surface area contributed by atoms with Crippen LogP contribution in [0.1, 0.15) is 39.2 Å². The summed E-state index contributed by atoms with van der Waals surface area (Å²) in [7, 11) is -4.00. The Morgan fingerprint density at radius 3 is 2.23 bits per heavy atom.